The molecule has 0 saturated carbocycles. The third-order valence-electron chi connectivity index (χ3n) is 4.54. The zero-order chi connectivity index (χ0) is 24.7. The van der Waals surface area contributed by atoms with Gasteiger partial charge < -0.3 is 14.8 Å². The number of hydrogen-bond acceptors (Lipinski definition) is 6. The highest BCUT2D eigenvalue weighted by Crippen LogP contribution is 2.28. The minimum atomic E-state index is -3.90. The van der Waals surface area contributed by atoms with Crippen LogP contribution in [0.25, 0.3) is 0 Å². The highest BCUT2D eigenvalue weighted by Gasteiger charge is 2.17. The van der Waals surface area contributed by atoms with E-state index in [9.17, 15) is 18.0 Å². The molecule has 0 radical (unpaired) electrons. The molecule has 0 atom stereocenters. The minimum Gasteiger partial charge on any atom is -0.494 e. The lowest BCUT2D eigenvalue weighted by molar-refractivity contribution is -0.118. The van der Waals surface area contributed by atoms with Crippen LogP contribution >= 0.6 is 11.6 Å². The first-order valence-corrected chi connectivity index (χ1v) is 12.1. The second-order valence-electron chi connectivity index (χ2n) is 7.13. The smallest absolute Gasteiger partial charge is 0.262 e. The van der Waals surface area contributed by atoms with Crippen LogP contribution in [0.2, 0.25) is 5.02 Å². The van der Waals surface area contributed by atoms with E-state index in [2.05, 4.69) is 10.0 Å². The van der Waals surface area contributed by atoms with Crippen LogP contribution in [0.15, 0.2) is 71.6 Å². The van der Waals surface area contributed by atoms with Crippen molar-refractivity contribution in [3.05, 3.63) is 77.3 Å². The molecule has 10 heteroatoms. The average Bonchev–Trinajstić information content (AvgIpc) is 2.79. The van der Waals surface area contributed by atoms with Crippen LogP contribution in [-0.2, 0) is 14.8 Å². The summed E-state index contributed by atoms with van der Waals surface area (Å²) in [5.74, 6) is 0.191. The average molecular weight is 503 g/mol. The van der Waals surface area contributed by atoms with E-state index >= 15 is 0 Å². The van der Waals surface area contributed by atoms with Crippen LogP contribution in [0, 0.1) is 0 Å². The molecule has 0 bridgehead atoms. The van der Waals surface area contributed by atoms with Gasteiger partial charge in [0, 0.05) is 16.9 Å². The standard InChI is InChI=1S/C24H23ClN2O6S/c1-3-32-20-9-7-18(8-10-20)27-34(30,31)21-11-12-23(22(25)14-21)33-15-24(29)26-19-6-4-5-17(13-19)16(2)28/h4-14,27H,3,15H2,1-2H3,(H,26,29). The third kappa shape index (κ3) is 6.72. The fourth-order valence-corrected chi connectivity index (χ4v) is 4.31. The van der Waals surface area contributed by atoms with Gasteiger partial charge in [-0.3, -0.25) is 14.3 Å². The molecule has 8 nitrogen and oxygen atoms in total. The topological polar surface area (TPSA) is 111 Å². The second-order valence-corrected chi connectivity index (χ2v) is 9.22. The number of halogens is 1. The molecular formula is C24H23ClN2O6S. The van der Waals surface area contributed by atoms with Crippen molar-refractivity contribution in [2.75, 3.05) is 23.3 Å². The number of anilines is 2. The summed E-state index contributed by atoms with van der Waals surface area (Å²) in [5.41, 5.74) is 1.29. The Labute approximate surface area is 202 Å². The molecule has 0 unspecified atom stereocenters. The van der Waals surface area contributed by atoms with Gasteiger partial charge in [0.05, 0.1) is 16.5 Å². The molecule has 3 aromatic carbocycles. The van der Waals surface area contributed by atoms with Gasteiger partial charge in [0.2, 0.25) is 0 Å². The van der Waals surface area contributed by atoms with Crippen molar-refractivity contribution in [2.24, 2.45) is 0 Å². The summed E-state index contributed by atoms with van der Waals surface area (Å²) in [6.45, 7) is 3.44. The predicted octanol–water partition coefficient (Wildman–Crippen LogP) is 4.76. The summed E-state index contributed by atoms with van der Waals surface area (Å²) in [6, 6.07) is 16.9. The van der Waals surface area contributed by atoms with Gasteiger partial charge in [0.25, 0.3) is 15.9 Å². The number of benzene rings is 3. The number of nitrogens with one attached hydrogen (secondary N) is 2. The fraction of sp³-hybridized carbons (Fsp3) is 0.167. The van der Waals surface area contributed by atoms with Gasteiger partial charge in [-0.05, 0) is 68.4 Å². The van der Waals surface area contributed by atoms with Crippen LogP contribution in [-0.4, -0.2) is 33.3 Å². The van der Waals surface area contributed by atoms with E-state index in [4.69, 9.17) is 21.1 Å². The molecule has 0 spiro atoms. The lowest BCUT2D eigenvalue weighted by atomic mass is 10.1. The summed E-state index contributed by atoms with van der Waals surface area (Å²) in [7, 11) is -3.90. The number of carbonyl (C=O) groups is 2. The zero-order valence-electron chi connectivity index (χ0n) is 18.5. The van der Waals surface area contributed by atoms with Crippen molar-refractivity contribution in [3.63, 3.8) is 0 Å². The lowest BCUT2D eigenvalue weighted by Crippen LogP contribution is -2.20. The maximum atomic E-state index is 12.7. The molecule has 2 N–H and O–H groups in total. The number of ether oxygens (including phenoxy) is 2. The number of sulfonamides is 1. The van der Waals surface area contributed by atoms with Crippen molar-refractivity contribution in [2.45, 2.75) is 18.7 Å². The normalized spacial score (nSPS) is 10.9. The molecule has 0 fully saturated rings. The molecule has 1 amide bonds. The molecule has 34 heavy (non-hydrogen) atoms. The number of rotatable bonds is 10. The molecule has 0 aliphatic carbocycles. The first-order chi connectivity index (χ1) is 16.2. The van der Waals surface area contributed by atoms with Gasteiger partial charge in [0.15, 0.2) is 12.4 Å². The van der Waals surface area contributed by atoms with E-state index in [1.165, 1.54) is 25.1 Å². The summed E-state index contributed by atoms with van der Waals surface area (Å²) in [6.07, 6.45) is 0. The number of amides is 1. The number of Topliss-reactive ketones (excluding diaryl/α,β-unsaturated/α-hetero) is 1. The SMILES string of the molecule is CCOc1ccc(NS(=O)(=O)c2ccc(OCC(=O)Nc3cccc(C(C)=O)c3)c(Cl)c2)cc1. The van der Waals surface area contributed by atoms with Crippen LogP contribution in [0.4, 0.5) is 11.4 Å². The van der Waals surface area contributed by atoms with Crippen LogP contribution in [0.5, 0.6) is 11.5 Å². The Morgan fingerprint density at radius 1 is 0.941 bits per heavy atom. The molecule has 178 valence electrons. The summed E-state index contributed by atoms with van der Waals surface area (Å²) in [5, 5.41) is 2.66. The van der Waals surface area contributed by atoms with E-state index < -0.39 is 15.9 Å². The molecule has 0 saturated heterocycles. The monoisotopic (exact) mass is 502 g/mol. The summed E-state index contributed by atoms with van der Waals surface area (Å²) in [4.78, 5) is 23.6. The van der Waals surface area contributed by atoms with E-state index in [-0.39, 0.29) is 28.1 Å². The van der Waals surface area contributed by atoms with Crippen LogP contribution < -0.4 is 19.5 Å². The predicted molar refractivity (Wildman–Crippen MR) is 130 cm³/mol. The van der Waals surface area contributed by atoms with Gasteiger partial charge >= 0.3 is 0 Å². The van der Waals surface area contributed by atoms with Crippen molar-refractivity contribution in [1.29, 1.82) is 0 Å². The largest absolute Gasteiger partial charge is 0.494 e. The Morgan fingerprint density at radius 2 is 1.68 bits per heavy atom. The molecule has 0 heterocycles. The number of carbonyl (C=O) groups excluding carboxylic acids is 2. The molecule has 3 aromatic rings. The Bertz CT molecular complexity index is 1290. The van der Waals surface area contributed by atoms with E-state index in [1.807, 2.05) is 6.92 Å². The fourth-order valence-electron chi connectivity index (χ4n) is 2.92. The van der Waals surface area contributed by atoms with E-state index in [0.29, 0.717) is 29.3 Å². The summed E-state index contributed by atoms with van der Waals surface area (Å²) < 4.78 is 38.6. The Balaban J connectivity index is 1.62. The summed E-state index contributed by atoms with van der Waals surface area (Å²) >= 11 is 6.19. The number of ketones is 1. The van der Waals surface area contributed by atoms with Gasteiger partial charge in [-0.1, -0.05) is 23.7 Å². The first-order valence-electron chi connectivity index (χ1n) is 10.3. The second kappa shape index (κ2) is 11.0. The molecule has 3 rings (SSSR count). The van der Waals surface area contributed by atoms with Crippen molar-refractivity contribution < 1.29 is 27.5 Å². The number of hydrogen-bond donors (Lipinski definition) is 2. The quantitative estimate of drug-likeness (QED) is 0.387. The van der Waals surface area contributed by atoms with Gasteiger partial charge in [0.1, 0.15) is 11.5 Å². The Kier molecular flexibility index (Phi) is 8.14. The zero-order valence-corrected chi connectivity index (χ0v) is 20.1. The maximum Gasteiger partial charge on any atom is 0.262 e. The highest BCUT2D eigenvalue weighted by atomic mass is 35.5. The van der Waals surface area contributed by atoms with Crippen LogP contribution in [0.1, 0.15) is 24.2 Å². The first kappa shape index (κ1) is 25.1. The van der Waals surface area contributed by atoms with Crippen molar-refractivity contribution in [1.82, 2.24) is 0 Å². The van der Waals surface area contributed by atoms with E-state index in [0.717, 1.165) is 0 Å². The van der Waals surface area contributed by atoms with Gasteiger partial charge in [-0.25, -0.2) is 8.42 Å². The lowest BCUT2D eigenvalue weighted by Gasteiger charge is -2.12. The Hall–Kier alpha value is -3.56. The minimum absolute atomic E-state index is 0.0287. The van der Waals surface area contributed by atoms with Gasteiger partial charge in [-0.15, -0.1) is 0 Å². The molecule has 0 aliphatic rings. The highest BCUT2D eigenvalue weighted by molar-refractivity contribution is 7.92. The molecule has 0 aromatic heterocycles. The van der Waals surface area contributed by atoms with Crippen molar-refractivity contribution in [3.8, 4) is 11.5 Å². The van der Waals surface area contributed by atoms with Crippen molar-refractivity contribution >= 4 is 44.7 Å². The molecular weight excluding hydrogens is 480 g/mol. The van der Waals surface area contributed by atoms with E-state index in [1.54, 1.807) is 48.5 Å². The maximum absolute atomic E-state index is 12.7. The Morgan fingerprint density at radius 3 is 2.32 bits per heavy atom. The van der Waals surface area contributed by atoms with Gasteiger partial charge in [-0.2, -0.15) is 0 Å². The third-order valence-corrected chi connectivity index (χ3v) is 6.22. The van der Waals surface area contributed by atoms with Crippen LogP contribution in [0.3, 0.4) is 0 Å². The molecule has 0 aliphatic heterocycles.